The summed E-state index contributed by atoms with van der Waals surface area (Å²) in [5, 5.41) is 8.18. The third-order valence-corrected chi connectivity index (χ3v) is 3.37. The van der Waals surface area contributed by atoms with Crippen LogP contribution in [0.4, 0.5) is 5.69 Å². The number of nitrogens with one attached hydrogen (secondary N) is 1. The second kappa shape index (κ2) is 5.16. The molecule has 0 saturated carbocycles. The summed E-state index contributed by atoms with van der Waals surface area (Å²) in [7, 11) is -3.72. The molecule has 18 heavy (non-hydrogen) atoms. The highest BCUT2D eigenvalue weighted by atomic mass is 32.2. The molecule has 0 unspecified atom stereocenters. The van der Waals surface area contributed by atoms with Crippen molar-refractivity contribution in [2.75, 3.05) is 5.32 Å². The van der Waals surface area contributed by atoms with Gasteiger partial charge in [0.25, 0.3) is 0 Å². The van der Waals surface area contributed by atoms with Gasteiger partial charge >= 0.3 is 0 Å². The first-order chi connectivity index (χ1) is 8.57. The Morgan fingerprint density at radius 3 is 2.61 bits per heavy atom. The number of hydrogen-bond acceptors (Lipinski definition) is 4. The van der Waals surface area contributed by atoms with Gasteiger partial charge in [-0.3, -0.25) is 4.98 Å². The number of rotatable bonds is 4. The van der Waals surface area contributed by atoms with Gasteiger partial charge in [0.1, 0.15) is 4.90 Å². The minimum Gasteiger partial charge on any atom is -0.380 e. The van der Waals surface area contributed by atoms with Crippen LogP contribution in [-0.2, 0) is 16.6 Å². The summed E-state index contributed by atoms with van der Waals surface area (Å²) in [4.78, 5) is 4.08. The Labute approximate surface area is 106 Å². The van der Waals surface area contributed by atoms with Crippen LogP contribution < -0.4 is 10.5 Å². The maximum absolute atomic E-state index is 11.4. The first-order valence-electron chi connectivity index (χ1n) is 5.32. The molecule has 2 aromatic rings. The predicted molar refractivity (Wildman–Crippen MR) is 69.4 cm³/mol. The van der Waals surface area contributed by atoms with E-state index in [1.54, 1.807) is 30.6 Å². The minimum absolute atomic E-state index is 0.0916. The average Bonchev–Trinajstić information content (AvgIpc) is 2.37. The van der Waals surface area contributed by atoms with E-state index in [0.29, 0.717) is 12.2 Å². The van der Waals surface area contributed by atoms with Crippen molar-refractivity contribution in [3.05, 3.63) is 54.4 Å². The van der Waals surface area contributed by atoms with Crippen LogP contribution in [0.2, 0.25) is 0 Å². The van der Waals surface area contributed by atoms with Gasteiger partial charge in [0, 0.05) is 18.9 Å². The molecule has 1 heterocycles. The van der Waals surface area contributed by atoms with Crippen LogP contribution in [0.3, 0.4) is 0 Å². The number of hydrogen-bond donors (Lipinski definition) is 2. The van der Waals surface area contributed by atoms with Gasteiger partial charge in [0.15, 0.2) is 0 Å². The number of aromatic nitrogens is 1. The molecule has 94 valence electrons. The molecular weight excluding hydrogens is 250 g/mol. The number of pyridine rings is 1. The zero-order valence-electron chi connectivity index (χ0n) is 9.58. The Bertz CT molecular complexity index is 627. The summed E-state index contributed by atoms with van der Waals surface area (Å²) in [6.07, 6.45) is 3.40. The van der Waals surface area contributed by atoms with Gasteiger partial charge in [-0.15, -0.1) is 0 Å². The van der Waals surface area contributed by atoms with E-state index in [2.05, 4.69) is 10.3 Å². The van der Waals surface area contributed by atoms with E-state index in [4.69, 9.17) is 5.14 Å². The van der Waals surface area contributed by atoms with Crippen molar-refractivity contribution in [2.45, 2.75) is 11.4 Å². The number of para-hydroxylation sites is 1. The van der Waals surface area contributed by atoms with Gasteiger partial charge in [0.2, 0.25) is 10.0 Å². The maximum Gasteiger partial charge on any atom is 0.240 e. The summed E-state index contributed by atoms with van der Waals surface area (Å²) < 4.78 is 22.8. The van der Waals surface area contributed by atoms with Crippen LogP contribution in [0.5, 0.6) is 0 Å². The number of primary sulfonamides is 1. The van der Waals surface area contributed by atoms with E-state index in [1.807, 2.05) is 12.1 Å². The van der Waals surface area contributed by atoms with Gasteiger partial charge in [-0.1, -0.05) is 18.2 Å². The SMILES string of the molecule is NS(=O)(=O)c1ccccc1NCc1cccnc1. The molecule has 0 atom stereocenters. The first-order valence-corrected chi connectivity index (χ1v) is 6.86. The number of nitrogens with zero attached hydrogens (tertiary/aromatic N) is 1. The highest BCUT2D eigenvalue weighted by Gasteiger charge is 2.12. The lowest BCUT2D eigenvalue weighted by atomic mass is 10.2. The second-order valence-corrected chi connectivity index (χ2v) is 5.29. The van der Waals surface area contributed by atoms with E-state index in [9.17, 15) is 8.42 Å². The van der Waals surface area contributed by atoms with Crippen molar-refractivity contribution in [1.29, 1.82) is 0 Å². The lowest BCUT2D eigenvalue weighted by Crippen LogP contribution is -2.15. The molecule has 0 fully saturated rings. The lowest BCUT2D eigenvalue weighted by molar-refractivity contribution is 0.598. The van der Waals surface area contributed by atoms with Gasteiger partial charge in [-0.25, -0.2) is 13.6 Å². The summed E-state index contributed by atoms with van der Waals surface area (Å²) in [5.74, 6) is 0. The third kappa shape index (κ3) is 3.06. The van der Waals surface area contributed by atoms with E-state index >= 15 is 0 Å². The largest absolute Gasteiger partial charge is 0.380 e. The zero-order chi connectivity index (χ0) is 13.0. The molecule has 1 aromatic carbocycles. The van der Waals surface area contributed by atoms with Gasteiger partial charge in [-0.05, 0) is 23.8 Å². The smallest absolute Gasteiger partial charge is 0.240 e. The molecule has 0 amide bonds. The molecule has 2 rings (SSSR count). The monoisotopic (exact) mass is 263 g/mol. The third-order valence-electron chi connectivity index (χ3n) is 2.40. The quantitative estimate of drug-likeness (QED) is 0.871. The van der Waals surface area contributed by atoms with E-state index in [-0.39, 0.29) is 4.90 Å². The van der Waals surface area contributed by atoms with Crippen molar-refractivity contribution < 1.29 is 8.42 Å². The Hall–Kier alpha value is -1.92. The highest BCUT2D eigenvalue weighted by Crippen LogP contribution is 2.19. The van der Waals surface area contributed by atoms with Crippen LogP contribution in [0.15, 0.2) is 53.7 Å². The van der Waals surface area contributed by atoms with Gasteiger partial charge in [-0.2, -0.15) is 0 Å². The summed E-state index contributed by atoms with van der Waals surface area (Å²) in [6.45, 7) is 0.486. The van der Waals surface area contributed by atoms with Crippen LogP contribution in [0, 0.1) is 0 Å². The number of anilines is 1. The Kier molecular flexibility index (Phi) is 3.59. The number of nitrogens with two attached hydrogens (primary N) is 1. The van der Waals surface area contributed by atoms with Crippen molar-refractivity contribution in [3.8, 4) is 0 Å². The van der Waals surface area contributed by atoms with Crippen LogP contribution in [0.1, 0.15) is 5.56 Å². The molecule has 1 aromatic heterocycles. The Morgan fingerprint density at radius 1 is 1.17 bits per heavy atom. The molecule has 0 aliphatic carbocycles. The van der Waals surface area contributed by atoms with E-state index < -0.39 is 10.0 Å². The fourth-order valence-corrected chi connectivity index (χ4v) is 2.28. The normalized spacial score (nSPS) is 11.2. The van der Waals surface area contributed by atoms with Crippen molar-refractivity contribution in [1.82, 2.24) is 4.98 Å². The molecule has 0 saturated heterocycles. The molecule has 0 aliphatic rings. The van der Waals surface area contributed by atoms with Gasteiger partial charge in [0.05, 0.1) is 5.69 Å². The van der Waals surface area contributed by atoms with Crippen molar-refractivity contribution in [3.63, 3.8) is 0 Å². The number of sulfonamides is 1. The molecule has 3 N–H and O–H groups in total. The standard InChI is InChI=1S/C12H13N3O2S/c13-18(16,17)12-6-2-1-5-11(12)15-9-10-4-3-7-14-8-10/h1-8,15H,9H2,(H2,13,16,17). The average molecular weight is 263 g/mol. The lowest BCUT2D eigenvalue weighted by Gasteiger charge is -2.10. The van der Waals surface area contributed by atoms with E-state index in [1.165, 1.54) is 6.07 Å². The summed E-state index contributed by atoms with van der Waals surface area (Å²) >= 11 is 0. The van der Waals surface area contributed by atoms with E-state index in [0.717, 1.165) is 5.56 Å². The molecule has 0 spiro atoms. The summed E-state index contributed by atoms with van der Waals surface area (Å²) in [6, 6.07) is 10.3. The Balaban J connectivity index is 2.20. The molecule has 6 heteroatoms. The number of benzene rings is 1. The fraction of sp³-hybridized carbons (Fsp3) is 0.0833. The molecule has 5 nitrogen and oxygen atoms in total. The summed E-state index contributed by atoms with van der Waals surface area (Å²) in [5.41, 5.74) is 1.45. The fourth-order valence-electron chi connectivity index (χ4n) is 1.56. The molecule has 0 aliphatic heterocycles. The van der Waals surface area contributed by atoms with Crippen LogP contribution in [-0.4, -0.2) is 13.4 Å². The van der Waals surface area contributed by atoms with Crippen LogP contribution >= 0.6 is 0 Å². The second-order valence-electron chi connectivity index (χ2n) is 3.76. The van der Waals surface area contributed by atoms with Crippen LogP contribution in [0.25, 0.3) is 0 Å². The minimum atomic E-state index is -3.72. The predicted octanol–water partition coefficient (Wildman–Crippen LogP) is 1.34. The molecule has 0 radical (unpaired) electrons. The van der Waals surface area contributed by atoms with Gasteiger partial charge < -0.3 is 5.32 Å². The molecule has 0 bridgehead atoms. The maximum atomic E-state index is 11.4. The first kappa shape index (κ1) is 12.5. The topological polar surface area (TPSA) is 85.1 Å². The van der Waals surface area contributed by atoms with Crippen molar-refractivity contribution in [2.24, 2.45) is 5.14 Å². The van der Waals surface area contributed by atoms with Crippen molar-refractivity contribution >= 4 is 15.7 Å². The Morgan fingerprint density at radius 2 is 1.94 bits per heavy atom. The molecular formula is C12H13N3O2S. The zero-order valence-corrected chi connectivity index (χ0v) is 10.4. The highest BCUT2D eigenvalue weighted by molar-refractivity contribution is 7.89.